The van der Waals surface area contributed by atoms with Crippen LogP contribution in [0.1, 0.15) is 5.56 Å². The predicted molar refractivity (Wildman–Crippen MR) is 63.4 cm³/mol. The Hall–Kier alpha value is 0.01000. The van der Waals surface area contributed by atoms with Gasteiger partial charge in [-0.15, -0.1) is 23.5 Å². The molecule has 0 aliphatic heterocycles. The van der Waals surface area contributed by atoms with Crippen LogP contribution in [0, 0.1) is 0 Å². The molecule has 0 aromatic heterocycles. The lowest BCUT2D eigenvalue weighted by Gasteiger charge is -2.00. The van der Waals surface area contributed by atoms with Crippen LogP contribution < -0.4 is 0 Å². The Labute approximate surface area is 87.1 Å². The Balaban J connectivity index is 2.84. The molecule has 3 heteroatoms. The molecular weight excluding hydrogens is 204 g/mol. The summed E-state index contributed by atoms with van der Waals surface area (Å²) in [6.07, 6.45) is 4.08. The number of thiocarbonyl (C=S) groups is 1. The van der Waals surface area contributed by atoms with Gasteiger partial charge in [0.05, 0.1) is 4.20 Å². The van der Waals surface area contributed by atoms with Gasteiger partial charge in [-0.3, -0.25) is 0 Å². The van der Waals surface area contributed by atoms with Crippen LogP contribution in [0.4, 0.5) is 0 Å². The number of rotatable bonds is 2. The first kappa shape index (κ1) is 10.1. The molecule has 0 saturated heterocycles. The summed E-state index contributed by atoms with van der Waals surface area (Å²) in [4.78, 5) is 1.28. The molecule has 0 nitrogen and oxygen atoms in total. The van der Waals surface area contributed by atoms with Gasteiger partial charge in [-0.2, -0.15) is 0 Å². The Morgan fingerprint density at radius 3 is 2.17 bits per heavy atom. The topological polar surface area (TPSA) is 0 Å². The zero-order valence-electron chi connectivity index (χ0n) is 7.03. The zero-order chi connectivity index (χ0) is 8.97. The minimum absolute atomic E-state index is 0.961. The van der Waals surface area contributed by atoms with E-state index in [2.05, 4.69) is 30.5 Å². The minimum atomic E-state index is 0.961. The SMILES string of the molecule is CSC(=S)c1ccc(SC)cc1. The molecule has 0 spiro atoms. The summed E-state index contributed by atoms with van der Waals surface area (Å²) in [6, 6.07) is 8.35. The summed E-state index contributed by atoms with van der Waals surface area (Å²) in [5.74, 6) is 0. The van der Waals surface area contributed by atoms with Crippen LogP contribution in [-0.4, -0.2) is 16.7 Å². The monoisotopic (exact) mass is 214 g/mol. The van der Waals surface area contributed by atoms with Gasteiger partial charge in [-0.1, -0.05) is 24.4 Å². The molecule has 0 bridgehead atoms. The molecule has 0 heterocycles. The molecule has 0 unspecified atom stereocenters. The second kappa shape index (κ2) is 4.90. The minimum Gasteiger partial charge on any atom is -0.130 e. The third kappa shape index (κ3) is 2.51. The van der Waals surface area contributed by atoms with Crippen molar-refractivity contribution in [1.82, 2.24) is 0 Å². The Morgan fingerprint density at radius 2 is 1.75 bits per heavy atom. The van der Waals surface area contributed by atoms with Crippen molar-refractivity contribution < 1.29 is 0 Å². The first-order valence-corrected chi connectivity index (χ1v) is 6.36. The largest absolute Gasteiger partial charge is 0.130 e. The average molecular weight is 214 g/mol. The van der Waals surface area contributed by atoms with E-state index in [-0.39, 0.29) is 0 Å². The second-order valence-electron chi connectivity index (χ2n) is 2.22. The summed E-state index contributed by atoms with van der Waals surface area (Å²) in [7, 11) is 0. The summed E-state index contributed by atoms with van der Waals surface area (Å²) in [5.41, 5.74) is 1.15. The van der Waals surface area contributed by atoms with E-state index in [0.29, 0.717) is 0 Å². The quantitative estimate of drug-likeness (QED) is 0.547. The van der Waals surface area contributed by atoms with Crippen molar-refractivity contribution in [2.24, 2.45) is 0 Å². The number of hydrogen-bond donors (Lipinski definition) is 0. The molecule has 0 aliphatic rings. The highest BCUT2D eigenvalue weighted by atomic mass is 32.2. The molecule has 0 atom stereocenters. The van der Waals surface area contributed by atoms with E-state index >= 15 is 0 Å². The first-order chi connectivity index (χ1) is 5.77. The van der Waals surface area contributed by atoms with Crippen molar-refractivity contribution >= 4 is 39.9 Å². The predicted octanol–water partition coefficient (Wildman–Crippen LogP) is 3.45. The lowest BCUT2D eigenvalue weighted by Crippen LogP contribution is -1.88. The molecule has 0 N–H and O–H groups in total. The van der Waals surface area contributed by atoms with Gasteiger partial charge in [0.1, 0.15) is 0 Å². The highest BCUT2D eigenvalue weighted by Crippen LogP contribution is 2.17. The molecular formula is C9H10S3. The molecule has 1 aromatic rings. The molecule has 12 heavy (non-hydrogen) atoms. The van der Waals surface area contributed by atoms with Crippen LogP contribution in [0.15, 0.2) is 29.2 Å². The fraction of sp³-hybridized carbons (Fsp3) is 0.222. The molecule has 1 rings (SSSR count). The van der Waals surface area contributed by atoms with Gasteiger partial charge in [-0.05, 0) is 30.2 Å². The third-order valence-corrected chi connectivity index (χ3v) is 3.60. The maximum Gasteiger partial charge on any atom is 0.0775 e. The summed E-state index contributed by atoms with van der Waals surface area (Å²) in [6.45, 7) is 0. The van der Waals surface area contributed by atoms with E-state index < -0.39 is 0 Å². The lowest BCUT2D eigenvalue weighted by atomic mass is 10.2. The first-order valence-electron chi connectivity index (χ1n) is 3.50. The lowest BCUT2D eigenvalue weighted by molar-refractivity contribution is 1.46. The fourth-order valence-electron chi connectivity index (χ4n) is 0.845. The van der Waals surface area contributed by atoms with Crippen molar-refractivity contribution in [3.8, 4) is 0 Å². The Morgan fingerprint density at radius 1 is 1.17 bits per heavy atom. The van der Waals surface area contributed by atoms with Crippen LogP contribution >= 0.6 is 35.7 Å². The van der Waals surface area contributed by atoms with E-state index in [4.69, 9.17) is 12.2 Å². The van der Waals surface area contributed by atoms with Gasteiger partial charge in [0.2, 0.25) is 0 Å². The van der Waals surface area contributed by atoms with Crippen molar-refractivity contribution in [2.45, 2.75) is 4.90 Å². The molecule has 0 aliphatic carbocycles. The third-order valence-electron chi connectivity index (χ3n) is 1.51. The number of benzene rings is 1. The molecule has 0 amide bonds. The molecule has 0 radical (unpaired) electrons. The summed E-state index contributed by atoms with van der Waals surface area (Å²) >= 11 is 8.52. The number of hydrogen-bond acceptors (Lipinski definition) is 3. The maximum atomic E-state index is 5.16. The van der Waals surface area contributed by atoms with Crippen molar-refractivity contribution in [1.29, 1.82) is 0 Å². The van der Waals surface area contributed by atoms with E-state index in [1.165, 1.54) is 4.90 Å². The van der Waals surface area contributed by atoms with Crippen LogP contribution in [0.3, 0.4) is 0 Å². The van der Waals surface area contributed by atoms with Crippen LogP contribution in [0.2, 0.25) is 0 Å². The van der Waals surface area contributed by atoms with Gasteiger partial charge in [0, 0.05) is 4.90 Å². The Kier molecular flexibility index (Phi) is 4.12. The van der Waals surface area contributed by atoms with E-state index in [9.17, 15) is 0 Å². The van der Waals surface area contributed by atoms with E-state index in [1.54, 1.807) is 23.5 Å². The van der Waals surface area contributed by atoms with E-state index in [1.807, 2.05) is 6.26 Å². The van der Waals surface area contributed by atoms with Crippen LogP contribution in [0.5, 0.6) is 0 Å². The van der Waals surface area contributed by atoms with Crippen LogP contribution in [-0.2, 0) is 0 Å². The Bertz CT molecular complexity index is 264. The van der Waals surface area contributed by atoms with Gasteiger partial charge in [0.25, 0.3) is 0 Å². The van der Waals surface area contributed by atoms with Gasteiger partial charge >= 0.3 is 0 Å². The normalized spacial score (nSPS) is 9.83. The van der Waals surface area contributed by atoms with Crippen molar-refractivity contribution in [2.75, 3.05) is 12.5 Å². The highest BCUT2D eigenvalue weighted by Gasteiger charge is 1.97. The zero-order valence-corrected chi connectivity index (χ0v) is 9.48. The molecule has 0 saturated carbocycles. The van der Waals surface area contributed by atoms with Gasteiger partial charge in [-0.25, -0.2) is 0 Å². The van der Waals surface area contributed by atoms with E-state index in [0.717, 1.165) is 9.76 Å². The van der Waals surface area contributed by atoms with Crippen LogP contribution in [0.25, 0.3) is 0 Å². The average Bonchev–Trinajstić information content (AvgIpc) is 2.17. The fourth-order valence-corrected chi connectivity index (χ4v) is 1.76. The summed E-state index contributed by atoms with van der Waals surface area (Å²) in [5, 5.41) is 0. The standard InChI is InChI=1S/C9H10S3/c1-11-8-5-3-7(4-6-8)9(10)12-2/h3-6H,1-2H3. The highest BCUT2D eigenvalue weighted by molar-refractivity contribution is 8.23. The molecule has 64 valence electrons. The molecule has 0 fully saturated rings. The maximum absolute atomic E-state index is 5.16. The molecule has 1 aromatic carbocycles. The smallest absolute Gasteiger partial charge is 0.0775 e. The van der Waals surface area contributed by atoms with Crippen molar-refractivity contribution in [3.05, 3.63) is 29.8 Å². The second-order valence-corrected chi connectivity index (χ2v) is 4.58. The number of thioether (sulfide) groups is 2. The van der Waals surface area contributed by atoms with Crippen molar-refractivity contribution in [3.63, 3.8) is 0 Å². The van der Waals surface area contributed by atoms with Gasteiger partial charge < -0.3 is 0 Å². The summed E-state index contributed by atoms with van der Waals surface area (Å²) < 4.78 is 0.961. The van der Waals surface area contributed by atoms with Gasteiger partial charge in [0.15, 0.2) is 0 Å².